The molecule has 1 saturated heterocycles. The second-order valence-electron chi connectivity index (χ2n) is 4.83. The first-order valence-electron chi connectivity index (χ1n) is 5.84. The summed E-state index contributed by atoms with van der Waals surface area (Å²) in [6.45, 7) is 5.26. The average Bonchev–Trinajstić information content (AvgIpc) is 2.76. The van der Waals surface area contributed by atoms with Crippen molar-refractivity contribution < 1.29 is 9.32 Å². The molecule has 1 aromatic heterocycles. The Balaban J connectivity index is 2.17. The normalized spacial score (nSPS) is 25.0. The fourth-order valence-electron chi connectivity index (χ4n) is 2.30. The highest BCUT2D eigenvalue weighted by Gasteiger charge is 2.38. The number of likely N-dealkylation sites (tertiary alicyclic amines) is 1. The molecule has 0 saturated carbocycles. The van der Waals surface area contributed by atoms with Crippen molar-refractivity contribution in [3.05, 3.63) is 11.7 Å². The van der Waals surface area contributed by atoms with Gasteiger partial charge in [-0.3, -0.25) is 4.79 Å². The third-order valence-corrected chi connectivity index (χ3v) is 3.27. The molecular weight excluding hydrogens is 220 g/mol. The highest BCUT2D eigenvalue weighted by molar-refractivity contribution is 5.78. The summed E-state index contributed by atoms with van der Waals surface area (Å²) in [5, 5.41) is 3.81. The summed E-state index contributed by atoms with van der Waals surface area (Å²) in [6.07, 6.45) is 1.88. The predicted octanol–water partition coefficient (Wildman–Crippen LogP) is 0.217. The number of aromatic nitrogens is 2. The van der Waals surface area contributed by atoms with Gasteiger partial charge >= 0.3 is 0 Å². The minimum atomic E-state index is -0.246. The molecule has 0 radical (unpaired) electrons. The van der Waals surface area contributed by atoms with Crippen molar-refractivity contribution >= 4 is 5.91 Å². The van der Waals surface area contributed by atoms with Gasteiger partial charge in [-0.2, -0.15) is 4.98 Å². The zero-order valence-electron chi connectivity index (χ0n) is 10.3. The largest absolute Gasteiger partial charge is 0.341 e. The first kappa shape index (κ1) is 12.0. The summed E-state index contributed by atoms with van der Waals surface area (Å²) in [5.41, 5.74) is 5.15. The lowest BCUT2D eigenvalue weighted by atomic mass is 9.81. The molecule has 1 aliphatic heterocycles. The predicted molar refractivity (Wildman–Crippen MR) is 61.3 cm³/mol. The highest BCUT2D eigenvalue weighted by Crippen LogP contribution is 2.32. The highest BCUT2D eigenvalue weighted by atomic mass is 16.5. The van der Waals surface area contributed by atoms with Gasteiger partial charge in [0.05, 0.1) is 12.0 Å². The molecule has 2 N–H and O–H groups in total. The van der Waals surface area contributed by atoms with Crippen molar-refractivity contribution in [2.45, 2.75) is 32.1 Å². The van der Waals surface area contributed by atoms with Crippen LogP contribution in [0.3, 0.4) is 0 Å². The maximum Gasteiger partial charge on any atom is 0.236 e. The fourth-order valence-corrected chi connectivity index (χ4v) is 2.30. The minimum absolute atomic E-state index is 0.0211. The van der Waals surface area contributed by atoms with E-state index in [4.69, 9.17) is 10.3 Å². The molecule has 0 aliphatic carbocycles. The first-order valence-corrected chi connectivity index (χ1v) is 5.84. The van der Waals surface area contributed by atoms with Crippen molar-refractivity contribution in [3.63, 3.8) is 0 Å². The Bertz CT molecular complexity index is 417. The zero-order valence-corrected chi connectivity index (χ0v) is 10.3. The van der Waals surface area contributed by atoms with E-state index >= 15 is 0 Å². The fraction of sp³-hybridized carbons (Fsp3) is 0.727. The molecule has 0 bridgehead atoms. The van der Waals surface area contributed by atoms with Gasteiger partial charge < -0.3 is 15.2 Å². The molecular formula is C11H18N4O2. The summed E-state index contributed by atoms with van der Waals surface area (Å²) < 4.78 is 5.24. The topological polar surface area (TPSA) is 85.2 Å². The smallest absolute Gasteiger partial charge is 0.236 e. The van der Waals surface area contributed by atoms with E-state index < -0.39 is 0 Å². The number of nitrogens with two attached hydrogens (primary N) is 1. The first-order chi connectivity index (χ1) is 8.05. The lowest BCUT2D eigenvalue weighted by Gasteiger charge is -2.37. The molecule has 2 heterocycles. The molecule has 0 aromatic carbocycles. The monoisotopic (exact) mass is 238 g/mol. The van der Waals surface area contributed by atoms with Gasteiger partial charge in [-0.15, -0.1) is 0 Å². The molecule has 6 nitrogen and oxygen atoms in total. The number of amides is 1. The Hall–Kier alpha value is -1.43. The van der Waals surface area contributed by atoms with Crippen molar-refractivity contribution in [1.82, 2.24) is 15.0 Å². The molecule has 17 heavy (non-hydrogen) atoms. The van der Waals surface area contributed by atoms with E-state index in [9.17, 15) is 4.79 Å². The van der Waals surface area contributed by atoms with E-state index in [1.807, 2.05) is 0 Å². The Labute approximate surface area is 100 Å². The molecule has 1 aliphatic rings. The van der Waals surface area contributed by atoms with Gasteiger partial charge in [0.1, 0.15) is 0 Å². The SMILES string of the molecule is Cc1noc(C2(C)CCCN(C(=O)CN)C2)n1. The Morgan fingerprint density at radius 2 is 2.41 bits per heavy atom. The lowest BCUT2D eigenvalue weighted by Crippen LogP contribution is -2.49. The molecule has 94 valence electrons. The van der Waals surface area contributed by atoms with E-state index in [2.05, 4.69) is 17.1 Å². The Kier molecular flexibility index (Phi) is 3.15. The number of nitrogens with zero attached hydrogens (tertiary/aromatic N) is 3. The van der Waals surface area contributed by atoms with Crippen LogP contribution in [-0.2, 0) is 10.2 Å². The molecule has 1 fully saturated rings. The second kappa shape index (κ2) is 4.44. The summed E-state index contributed by atoms with van der Waals surface area (Å²) in [4.78, 5) is 17.7. The maximum absolute atomic E-state index is 11.6. The summed E-state index contributed by atoms with van der Waals surface area (Å²) >= 11 is 0. The van der Waals surface area contributed by atoms with Crippen LogP contribution in [0.4, 0.5) is 0 Å². The van der Waals surface area contributed by atoms with Gasteiger partial charge in [0.15, 0.2) is 5.82 Å². The van der Waals surface area contributed by atoms with Gasteiger partial charge in [-0.05, 0) is 26.7 Å². The summed E-state index contributed by atoms with van der Waals surface area (Å²) in [6, 6.07) is 0. The van der Waals surface area contributed by atoms with Gasteiger partial charge in [0.2, 0.25) is 11.8 Å². The standard InChI is InChI=1S/C11H18N4O2/c1-8-13-10(17-14-8)11(2)4-3-5-15(7-11)9(16)6-12/h3-7,12H2,1-2H3. The van der Waals surface area contributed by atoms with Crippen LogP contribution >= 0.6 is 0 Å². The summed E-state index contributed by atoms with van der Waals surface area (Å²) in [7, 11) is 0. The van der Waals surface area contributed by atoms with Crippen LogP contribution in [-0.4, -0.2) is 40.6 Å². The van der Waals surface area contributed by atoms with Crippen LogP contribution in [0.1, 0.15) is 31.5 Å². The maximum atomic E-state index is 11.6. The minimum Gasteiger partial charge on any atom is -0.341 e. The molecule has 6 heteroatoms. The Morgan fingerprint density at radius 3 is 3.00 bits per heavy atom. The van der Waals surface area contributed by atoms with Crippen LogP contribution < -0.4 is 5.73 Å². The van der Waals surface area contributed by atoms with Crippen LogP contribution in [0.5, 0.6) is 0 Å². The van der Waals surface area contributed by atoms with Gasteiger partial charge in [0, 0.05) is 13.1 Å². The third-order valence-electron chi connectivity index (χ3n) is 3.27. The molecule has 1 amide bonds. The number of hydrogen-bond acceptors (Lipinski definition) is 5. The van der Waals surface area contributed by atoms with Crippen molar-refractivity contribution in [2.24, 2.45) is 5.73 Å². The molecule has 1 aromatic rings. The van der Waals surface area contributed by atoms with E-state index in [0.717, 1.165) is 19.4 Å². The number of rotatable bonds is 2. The number of carbonyl (C=O) groups is 1. The van der Waals surface area contributed by atoms with Gasteiger partial charge in [-0.1, -0.05) is 5.16 Å². The number of aryl methyl sites for hydroxylation is 1. The zero-order chi connectivity index (χ0) is 12.5. The Morgan fingerprint density at radius 1 is 1.65 bits per heavy atom. The van der Waals surface area contributed by atoms with E-state index in [0.29, 0.717) is 18.3 Å². The van der Waals surface area contributed by atoms with Crippen molar-refractivity contribution in [3.8, 4) is 0 Å². The number of hydrogen-bond donors (Lipinski definition) is 1. The van der Waals surface area contributed by atoms with E-state index in [1.165, 1.54) is 0 Å². The molecule has 1 unspecified atom stereocenters. The van der Waals surface area contributed by atoms with Crippen molar-refractivity contribution in [2.75, 3.05) is 19.6 Å². The van der Waals surface area contributed by atoms with E-state index in [1.54, 1.807) is 11.8 Å². The van der Waals surface area contributed by atoms with E-state index in [-0.39, 0.29) is 17.9 Å². The average molecular weight is 238 g/mol. The number of piperidine rings is 1. The van der Waals surface area contributed by atoms with Crippen LogP contribution in [0, 0.1) is 6.92 Å². The number of carbonyl (C=O) groups excluding carboxylic acids is 1. The summed E-state index contributed by atoms with van der Waals surface area (Å²) in [5.74, 6) is 1.22. The molecule has 0 spiro atoms. The van der Waals surface area contributed by atoms with Crippen molar-refractivity contribution in [1.29, 1.82) is 0 Å². The lowest BCUT2D eigenvalue weighted by molar-refractivity contribution is -0.132. The van der Waals surface area contributed by atoms with Crippen LogP contribution in [0.15, 0.2) is 4.52 Å². The van der Waals surface area contributed by atoms with Crippen LogP contribution in [0.2, 0.25) is 0 Å². The van der Waals surface area contributed by atoms with Gasteiger partial charge in [-0.25, -0.2) is 0 Å². The quantitative estimate of drug-likeness (QED) is 0.796. The van der Waals surface area contributed by atoms with Gasteiger partial charge in [0.25, 0.3) is 0 Å². The molecule has 1 atom stereocenters. The van der Waals surface area contributed by atoms with Crippen LogP contribution in [0.25, 0.3) is 0 Å². The second-order valence-corrected chi connectivity index (χ2v) is 4.83. The third kappa shape index (κ3) is 2.31. The molecule has 2 rings (SSSR count).